The van der Waals surface area contributed by atoms with Gasteiger partial charge in [-0.2, -0.15) is 5.10 Å². The van der Waals surface area contributed by atoms with Crippen molar-refractivity contribution in [3.63, 3.8) is 0 Å². The van der Waals surface area contributed by atoms with Crippen molar-refractivity contribution in [2.75, 3.05) is 6.61 Å². The normalized spacial score (nSPS) is 20.2. The molecule has 1 aliphatic rings. The number of hydrogen-bond donors (Lipinski definition) is 1. The highest BCUT2D eigenvalue weighted by atomic mass is 16.5. The molecule has 0 aliphatic carbocycles. The number of nitrogens with one attached hydrogen (secondary N) is 1. The summed E-state index contributed by atoms with van der Waals surface area (Å²) in [7, 11) is 0. The van der Waals surface area contributed by atoms with E-state index >= 15 is 0 Å². The van der Waals surface area contributed by atoms with Gasteiger partial charge in [0.25, 0.3) is 0 Å². The van der Waals surface area contributed by atoms with Crippen LogP contribution in [0, 0.1) is 0 Å². The standard InChI is InChI=1S/C14H15N5O2/c1-3-21-13(20)14(2)17-16-12(10-7-5-4-6-8-10)11-9-15-18-19(11)14/h4-9,17H,3H2,1-2H3. The maximum Gasteiger partial charge on any atom is 0.356 e. The number of carbonyl (C=O) groups excluding carboxylic acids is 1. The quantitative estimate of drug-likeness (QED) is 0.846. The van der Waals surface area contributed by atoms with E-state index in [0.717, 1.165) is 5.56 Å². The first-order chi connectivity index (χ1) is 10.2. The van der Waals surface area contributed by atoms with Gasteiger partial charge in [-0.25, -0.2) is 9.48 Å². The number of nitrogens with zero attached hydrogens (tertiary/aromatic N) is 4. The highest BCUT2D eigenvalue weighted by molar-refractivity contribution is 6.12. The van der Waals surface area contributed by atoms with Gasteiger partial charge in [0, 0.05) is 5.56 Å². The Labute approximate surface area is 121 Å². The molecule has 3 rings (SSSR count). The first kappa shape index (κ1) is 13.3. The van der Waals surface area contributed by atoms with Crippen LogP contribution in [0.3, 0.4) is 0 Å². The largest absolute Gasteiger partial charge is 0.463 e. The lowest BCUT2D eigenvalue weighted by atomic mass is 10.1. The zero-order valence-corrected chi connectivity index (χ0v) is 11.8. The van der Waals surface area contributed by atoms with Crippen LogP contribution in [0.25, 0.3) is 0 Å². The summed E-state index contributed by atoms with van der Waals surface area (Å²) in [5, 5.41) is 12.2. The lowest BCUT2D eigenvalue weighted by molar-refractivity contribution is -0.156. The molecule has 0 amide bonds. The highest BCUT2D eigenvalue weighted by Crippen LogP contribution is 2.22. The second-order valence-corrected chi connectivity index (χ2v) is 4.76. The van der Waals surface area contributed by atoms with Crippen molar-refractivity contribution in [1.29, 1.82) is 0 Å². The average molecular weight is 285 g/mol. The second kappa shape index (κ2) is 5.01. The molecule has 1 atom stereocenters. The number of fused-ring (bicyclic) bond motifs is 1. The molecule has 7 nitrogen and oxygen atoms in total. The predicted octanol–water partition coefficient (Wildman–Crippen LogP) is 0.869. The highest BCUT2D eigenvalue weighted by Gasteiger charge is 2.43. The van der Waals surface area contributed by atoms with Gasteiger partial charge in [0.05, 0.1) is 12.8 Å². The SMILES string of the molecule is CCOC(=O)C1(C)NN=C(c2ccccc2)c2cnnn21. The molecule has 0 radical (unpaired) electrons. The van der Waals surface area contributed by atoms with E-state index in [0.29, 0.717) is 11.4 Å². The van der Waals surface area contributed by atoms with E-state index in [1.165, 1.54) is 4.68 Å². The van der Waals surface area contributed by atoms with Crippen LogP contribution in [0.2, 0.25) is 0 Å². The van der Waals surface area contributed by atoms with Crippen molar-refractivity contribution >= 4 is 11.7 Å². The Morgan fingerprint density at radius 2 is 2.14 bits per heavy atom. The van der Waals surface area contributed by atoms with Gasteiger partial charge in [-0.3, -0.25) is 5.43 Å². The summed E-state index contributed by atoms with van der Waals surface area (Å²) in [6.07, 6.45) is 1.59. The van der Waals surface area contributed by atoms with E-state index in [2.05, 4.69) is 20.8 Å². The number of rotatable bonds is 3. The van der Waals surface area contributed by atoms with Gasteiger partial charge >= 0.3 is 5.97 Å². The Hall–Kier alpha value is -2.70. The van der Waals surface area contributed by atoms with Gasteiger partial charge in [-0.1, -0.05) is 35.5 Å². The third kappa shape index (κ3) is 2.06. The van der Waals surface area contributed by atoms with E-state index in [9.17, 15) is 4.79 Å². The molecule has 0 saturated heterocycles. The van der Waals surface area contributed by atoms with Gasteiger partial charge in [-0.15, -0.1) is 5.10 Å². The number of hydrazone groups is 1. The minimum absolute atomic E-state index is 0.287. The molecule has 1 aliphatic heterocycles. The molecule has 108 valence electrons. The molecular formula is C14H15N5O2. The molecule has 21 heavy (non-hydrogen) atoms. The van der Waals surface area contributed by atoms with Crippen LogP contribution in [-0.2, 0) is 15.2 Å². The fourth-order valence-corrected chi connectivity index (χ4v) is 2.21. The Balaban J connectivity index is 2.05. The lowest BCUT2D eigenvalue weighted by Crippen LogP contribution is -2.54. The number of aromatic nitrogens is 3. The molecule has 0 fully saturated rings. The zero-order valence-electron chi connectivity index (χ0n) is 11.8. The Morgan fingerprint density at radius 3 is 2.86 bits per heavy atom. The van der Waals surface area contributed by atoms with Crippen molar-refractivity contribution in [3.05, 3.63) is 47.8 Å². The first-order valence-electron chi connectivity index (χ1n) is 6.66. The van der Waals surface area contributed by atoms with Crippen LogP contribution in [0.1, 0.15) is 25.1 Å². The molecular weight excluding hydrogens is 270 g/mol. The summed E-state index contributed by atoms with van der Waals surface area (Å²) >= 11 is 0. The Kier molecular flexibility index (Phi) is 3.17. The summed E-state index contributed by atoms with van der Waals surface area (Å²) in [5.41, 5.74) is 3.91. The van der Waals surface area contributed by atoms with Crippen molar-refractivity contribution < 1.29 is 9.53 Å². The minimum atomic E-state index is -1.19. The third-order valence-electron chi connectivity index (χ3n) is 3.32. The number of esters is 1. The van der Waals surface area contributed by atoms with Crippen LogP contribution in [0.15, 0.2) is 41.6 Å². The van der Waals surface area contributed by atoms with Crippen molar-refractivity contribution in [2.24, 2.45) is 5.10 Å². The van der Waals surface area contributed by atoms with E-state index in [1.807, 2.05) is 30.3 Å². The third-order valence-corrected chi connectivity index (χ3v) is 3.32. The summed E-state index contributed by atoms with van der Waals surface area (Å²) in [5.74, 6) is -0.451. The van der Waals surface area contributed by atoms with E-state index < -0.39 is 11.6 Å². The van der Waals surface area contributed by atoms with Gasteiger partial charge in [-0.05, 0) is 13.8 Å². The molecule has 7 heteroatoms. The molecule has 1 N–H and O–H groups in total. The van der Waals surface area contributed by atoms with Crippen molar-refractivity contribution in [1.82, 2.24) is 20.4 Å². The topological polar surface area (TPSA) is 81.4 Å². The minimum Gasteiger partial charge on any atom is -0.463 e. The van der Waals surface area contributed by atoms with Crippen LogP contribution in [0.5, 0.6) is 0 Å². The average Bonchev–Trinajstić information content (AvgIpc) is 2.99. The molecule has 2 heterocycles. The molecule has 0 saturated carbocycles. The van der Waals surface area contributed by atoms with Crippen LogP contribution >= 0.6 is 0 Å². The van der Waals surface area contributed by atoms with Crippen LogP contribution in [-0.4, -0.2) is 33.3 Å². The fraction of sp³-hybridized carbons (Fsp3) is 0.286. The molecule has 0 bridgehead atoms. The van der Waals surface area contributed by atoms with Crippen LogP contribution in [0.4, 0.5) is 0 Å². The summed E-state index contributed by atoms with van der Waals surface area (Å²) in [6, 6.07) is 9.64. The molecule has 2 aromatic rings. The van der Waals surface area contributed by atoms with Crippen molar-refractivity contribution in [3.8, 4) is 0 Å². The Bertz CT molecular complexity index is 694. The van der Waals surface area contributed by atoms with Crippen LogP contribution < -0.4 is 5.43 Å². The maximum absolute atomic E-state index is 12.2. The first-order valence-corrected chi connectivity index (χ1v) is 6.66. The number of carbonyl (C=O) groups is 1. The van der Waals surface area contributed by atoms with Crippen molar-refractivity contribution in [2.45, 2.75) is 19.5 Å². The zero-order chi connectivity index (χ0) is 14.9. The molecule has 1 aromatic heterocycles. The fourth-order valence-electron chi connectivity index (χ4n) is 2.21. The number of benzene rings is 1. The summed E-state index contributed by atoms with van der Waals surface area (Å²) < 4.78 is 6.59. The maximum atomic E-state index is 12.2. The number of ether oxygens (including phenoxy) is 1. The number of hydrogen-bond acceptors (Lipinski definition) is 6. The van der Waals surface area contributed by atoms with Gasteiger partial charge in [0.2, 0.25) is 5.66 Å². The van der Waals surface area contributed by atoms with Gasteiger partial charge in [0.1, 0.15) is 11.4 Å². The second-order valence-electron chi connectivity index (χ2n) is 4.76. The Morgan fingerprint density at radius 1 is 1.38 bits per heavy atom. The molecule has 1 unspecified atom stereocenters. The summed E-state index contributed by atoms with van der Waals surface area (Å²) in [4.78, 5) is 12.2. The predicted molar refractivity (Wildman–Crippen MR) is 75.5 cm³/mol. The molecule has 1 aromatic carbocycles. The lowest BCUT2D eigenvalue weighted by Gasteiger charge is -2.31. The smallest absolute Gasteiger partial charge is 0.356 e. The van der Waals surface area contributed by atoms with E-state index in [-0.39, 0.29) is 6.61 Å². The monoisotopic (exact) mass is 285 g/mol. The van der Waals surface area contributed by atoms with Gasteiger partial charge < -0.3 is 4.74 Å². The van der Waals surface area contributed by atoms with E-state index in [1.54, 1.807) is 20.0 Å². The summed E-state index contributed by atoms with van der Waals surface area (Å²) in [6.45, 7) is 3.70. The van der Waals surface area contributed by atoms with E-state index in [4.69, 9.17) is 4.74 Å². The van der Waals surface area contributed by atoms with Gasteiger partial charge in [0.15, 0.2) is 0 Å². The molecule has 0 spiro atoms.